The quantitative estimate of drug-likeness (QED) is 0.414. The second-order valence-corrected chi connectivity index (χ2v) is 5.43. The zero-order valence-electron chi connectivity index (χ0n) is 12.2. The maximum Gasteiger partial charge on any atom is 1.00 e. The number of β-lactam (4-membered cyclic amide) rings is 1. The van der Waals surface area contributed by atoms with E-state index < -0.39 is 18.0 Å². The molecule has 0 radical (unpaired) electrons. The van der Waals surface area contributed by atoms with Crippen molar-refractivity contribution in [2.24, 2.45) is 5.92 Å². The Kier molecular flexibility index (Phi) is 4.99. The Morgan fingerprint density at radius 3 is 2.57 bits per heavy atom. The summed E-state index contributed by atoms with van der Waals surface area (Å²) < 4.78 is 5.26. The molecule has 3 rings (SSSR count). The molecular formula is C13H17N2NaO5. The van der Waals surface area contributed by atoms with Gasteiger partial charge in [0.25, 0.3) is 0 Å². The fourth-order valence-electron chi connectivity index (χ4n) is 3.35. The molecular weight excluding hydrogens is 287 g/mol. The first-order chi connectivity index (χ1) is 9.52. The predicted octanol–water partition coefficient (Wildman–Crippen LogP) is -5.10. The minimum Gasteiger partial charge on any atom is -0.543 e. The van der Waals surface area contributed by atoms with Crippen LogP contribution < -0.4 is 34.7 Å². The minimum absolute atomic E-state index is 0. The van der Waals surface area contributed by atoms with Gasteiger partial charge >= 0.3 is 29.6 Å². The molecule has 2 saturated heterocycles. The number of ether oxygens (including phenoxy) is 1. The van der Waals surface area contributed by atoms with E-state index in [2.05, 4.69) is 0 Å². The maximum atomic E-state index is 12.0. The summed E-state index contributed by atoms with van der Waals surface area (Å²) in [4.78, 5) is 26.6. The van der Waals surface area contributed by atoms with Gasteiger partial charge in [-0.1, -0.05) is 0 Å². The first kappa shape index (κ1) is 16.8. The summed E-state index contributed by atoms with van der Waals surface area (Å²) in [6, 6.07) is -0.256. The average Bonchev–Trinajstić information content (AvgIpc) is 2.74. The molecule has 2 fully saturated rings. The predicted molar refractivity (Wildman–Crippen MR) is 64.8 cm³/mol. The summed E-state index contributed by atoms with van der Waals surface area (Å²) in [5.74, 6) is -2.17. The molecule has 0 saturated carbocycles. The Bertz CT molecular complexity index is 487. The Balaban J connectivity index is 0.00000161. The van der Waals surface area contributed by atoms with Gasteiger partial charge in [0, 0.05) is 25.2 Å². The second kappa shape index (κ2) is 6.26. The number of morpholine rings is 1. The molecule has 7 nitrogen and oxygen atoms in total. The number of carbonyl (C=O) groups excluding carboxylic acids is 2. The number of aliphatic hydroxyl groups excluding tert-OH is 1. The van der Waals surface area contributed by atoms with Crippen LogP contribution in [0.5, 0.6) is 0 Å². The molecule has 0 aromatic carbocycles. The normalized spacial score (nSPS) is 29.7. The Labute approximate surface area is 144 Å². The molecule has 3 unspecified atom stereocenters. The third-order valence-electron chi connectivity index (χ3n) is 4.29. The van der Waals surface area contributed by atoms with Crippen LogP contribution in [0.25, 0.3) is 0 Å². The van der Waals surface area contributed by atoms with E-state index in [9.17, 15) is 19.8 Å². The Hall–Kier alpha value is -0.600. The standard InChI is InChI=1S/C13H18N2O5.Na/c1-7(16)10-8-6-9(14-2-4-20-5-3-14)11(13(18)19)15(8)12(10)17;/h7-8,10,16H,2-6H2,1H3,(H,18,19);/q;+1/p-1. The molecule has 21 heavy (non-hydrogen) atoms. The van der Waals surface area contributed by atoms with Crippen LogP contribution in [0.3, 0.4) is 0 Å². The third-order valence-corrected chi connectivity index (χ3v) is 4.29. The summed E-state index contributed by atoms with van der Waals surface area (Å²) in [5.41, 5.74) is 0.605. The van der Waals surface area contributed by atoms with Crippen molar-refractivity contribution in [2.45, 2.75) is 25.5 Å². The SMILES string of the molecule is CC(O)C1C(=O)N2C(C(=O)[O-])=C(N3CCOCC3)CC12.[Na+]. The Morgan fingerprint density at radius 2 is 2.05 bits per heavy atom. The number of rotatable bonds is 3. The summed E-state index contributed by atoms with van der Waals surface area (Å²) in [5, 5.41) is 21.0. The van der Waals surface area contributed by atoms with E-state index in [1.165, 1.54) is 4.90 Å². The van der Waals surface area contributed by atoms with Gasteiger partial charge in [-0.05, 0) is 6.92 Å². The first-order valence-corrected chi connectivity index (χ1v) is 6.80. The number of carbonyl (C=O) groups is 2. The second-order valence-electron chi connectivity index (χ2n) is 5.43. The Morgan fingerprint density at radius 1 is 1.43 bits per heavy atom. The van der Waals surface area contributed by atoms with Gasteiger partial charge in [0.1, 0.15) is 0 Å². The molecule has 0 spiro atoms. The number of aliphatic carboxylic acids is 1. The monoisotopic (exact) mass is 304 g/mol. The van der Waals surface area contributed by atoms with Crippen molar-refractivity contribution < 1.29 is 54.1 Å². The minimum atomic E-state index is -1.33. The molecule has 3 aliphatic heterocycles. The molecule has 3 aliphatic rings. The number of aliphatic hydroxyl groups is 1. The maximum absolute atomic E-state index is 12.0. The van der Waals surface area contributed by atoms with E-state index >= 15 is 0 Å². The zero-order valence-corrected chi connectivity index (χ0v) is 14.2. The fourth-order valence-corrected chi connectivity index (χ4v) is 3.35. The molecule has 0 bridgehead atoms. The van der Waals surface area contributed by atoms with E-state index in [0.29, 0.717) is 38.4 Å². The fraction of sp³-hybridized carbons (Fsp3) is 0.692. The summed E-state index contributed by atoms with van der Waals surface area (Å²) in [7, 11) is 0. The van der Waals surface area contributed by atoms with Crippen molar-refractivity contribution in [1.29, 1.82) is 0 Å². The van der Waals surface area contributed by atoms with Gasteiger partial charge in [-0.15, -0.1) is 0 Å². The molecule has 110 valence electrons. The number of carboxylic acids is 1. The van der Waals surface area contributed by atoms with Crippen LogP contribution in [0.2, 0.25) is 0 Å². The van der Waals surface area contributed by atoms with Crippen LogP contribution >= 0.6 is 0 Å². The van der Waals surface area contributed by atoms with Crippen LogP contribution in [-0.2, 0) is 14.3 Å². The molecule has 0 aromatic rings. The van der Waals surface area contributed by atoms with Gasteiger partial charge < -0.3 is 29.5 Å². The van der Waals surface area contributed by atoms with E-state index in [1.807, 2.05) is 4.90 Å². The number of carboxylic acid groups (broad SMARTS) is 1. The van der Waals surface area contributed by atoms with E-state index in [1.54, 1.807) is 6.92 Å². The molecule has 0 aromatic heterocycles. The van der Waals surface area contributed by atoms with E-state index in [0.717, 1.165) is 0 Å². The average molecular weight is 304 g/mol. The van der Waals surface area contributed by atoms with Crippen LogP contribution in [0, 0.1) is 5.92 Å². The summed E-state index contributed by atoms with van der Waals surface area (Å²) in [6.45, 7) is 3.87. The van der Waals surface area contributed by atoms with Crippen LogP contribution in [0.1, 0.15) is 13.3 Å². The number of fused-ring (bicyclic) bond motifs is 1. The first-order valence-electron chi connectivity index (χ1n) is 6.80. The van der Waals surface area contributed by atoms with E-state index in [4.69, 9.17) is 4.74 Å². The number of hydrogen-bond donors (Lipinski definition) is 1. The molecule has 8 heteroatoms. The van der Waals surface area contributed by atoms with Gasteiger partial charge in [-0.2, -0.15) is 0 Å². The van der Waals surface area contributed by atoms with Crippen molar-refractivity contribution in [3.63, 3.8) is 0 Å². The van der Waals surface area contributed by atoms with Gasteiger partial charge in [-0.3, -0.25) is 4.79 Å². The van der Waals surface area contributed by atoms with Gasteiger partial charge in [0.15, 0.2) is 0 Å². The smallest absolute Gasteiger partial charge is 0.543 e. The number of amides is 1. The molecule has 1 N–H and O–H groups in total. The van der Waals surface area contributed by atoms with E-state index in [-0.39, 0.29) is 47.2 Å². The van der Waals surface area contributed by atoms with Gasteiger partial charge in [0.2, 0.25) is 5.91 Å². The van der Waals surface area contributed by atoms with Crippen molar-refractivity contribution in [3.8, 4) is 0 Å². The van der Waals surface area contributed by atoms with Crippen LogP contribution in [0.15, 0.2) is 11.4 Å². The van der Waals surface area contributed by atoms with Crippen molar-refractivity contribution in [3.05, 3.63) is 11.4 Å². The topological polar surface area (TPSA) is 93.1 Å². The summed E-state index contributed by atoms with van der Waals surface area (Å²) in [6.07, 6.45) is -0.305. The molecule has 0 aliphatic carbocycles. The van der Waals surface area contributed by atoms with Crippen molar-refractivity contribution in [2.75, 3.05) is 26.3 Å². The number of nitrogens with zero attached hydrogens (tertiary/aromatic N) is 2. The summed E-state index contributed by atoms with van der Waals surface area (Å²) >= 11 is 0. The molecule has 1 amide bonds. The molecule has 3 heterocycles. The van der Waals surface area contributed by atoms with Crippen molar-refractivity contribution >= 4 is 11.9 Å². The van der Waals surface area contributed by atoms with Crippen LogP contribution in [-0.4, -0.2) is 65.2 Å². The van der Waals surface area contributed by atoms with Crippen LogP contribution in [0.4, 0.5) is 0 Å². The third kappa shape index (κ3) is 2.61. The zero-order chi connectivity index (χ0) is 14.4. The van der Waals surface area contributed by atoms with Crippen molar-refractivity contribution in [1.82, 2.24) is 9.80 Å². The largest absolute Gasteiger partial charge is 1.00 e. The van der Waals surface area contributed by atoms with Gasteiger partial charge in [-0.25, -0.2) is 0 Å². The van der Waals surface area contributed by atoms with Gasteiger partial charge in [0.05, 0.1) is 42.9 Å². The molecule has 3 atom stereocenters. The number of hydrogen-bond acceptors (Lipinski definition) is 6.